The Morgan fingerprint density at radius 1 is 1.24 bits per heavy atom. The minimum atomic E-state index is -1.23. The first-order valence-electron chi connectivity index (χ1n) is 7.32. The molecule has 21 heavy (non-hydrogen) atoms. The molecule has 0 saturated carbocycles. The minimum absolute atomic E-state index is 0.329. The first-order chi connectivity index (χ1) is 9.95. The van der Waals surface area contributed by atoms with Gasteiger partial charge in [-0.05, 0) is 37.5 Å². The Labute approximate surface area is 136 Å². The fraction of sp³-hybridized carbons (Fsp3) is 0.562. The molecule has 1 aromatic rings. The van der Waals surface area contributed by atoms with Crippen molar-refractivity contribution in [1.82, 2.24) is 0 Å². The van der Waals surface area contributed by atoms with Crippen LogP contribution in [0.5, 0.6) is 5.75 Å². The van der Waals surface area contributed by atoms with Crippen molar-refractivity contribution in [3.63, 3.8) is 0 Å². The highest BCUT2D eigenvalue weighted by atomic mass is 35.5. The molecular formula is C16H22Cl2O3. The standard InChI is InChI=1S/C16H22Cl2O3/c1-3-5-6-7-10-16(4-2,15(19)20)21-14-9-8-12(17)11-13(14)18/h8-9,11H,3-7,10H2,1-2H3,(H,19,20). The van der Waals surface area contributed by atoms with E-state index in [-0.39, 0.29) is 0 Å². The van der Waals surface area contributed by atoms with Crippen molar-refractivity contribution >= 4 is 29.2 Å². The fourth-order valence-electron chi connectivity index (χ4n) is 2.21. The number of carbonyl (C=O) groups is 1. The van der Waals surface area contributed by atoms with Crippen LogP contribution in [-0.2, 0) is 4.79 Å². The van der Waals surface area contributed by atoms with Crippen molar-refractivity contribution in [1.29, 1.82) is 0 Å². The molecule has 1 N–H and O–H groups in total. The number of rotatable bonds is 9. The Morgan fingerprint density at radius 2 is 1.95 bits per heavy atom. The van der Waals surface area contributed by atoms with Crippen LogP contribution in [-0.4, -0.2) is 16.7 Å². The molecule has 5 heteroatoms. The van der Waals surface area contributed by atoms with Crippen LogP contribution in [0.1, 0.15) is 52.4 Å². The van der Waals surface area contributed by atoms with Gasteiger partial charge in [0.05, 0.1) is 5.02 Å². The Balaban J connectivity index is 2.88. The van der Waals surface area contributed by atoms with Gasteiger partial charge in [-0.3, -0.25) is 0 Å². The lowest BCUT2D eigenvalue weighted by atomic mass is 9.92. The first kappa shape index (κ1) is 18.1. The lowest BCUT2D eigenvalue weighted by Gasteiger charge is -2.30. The van der Waals surface area contributed by atoms with Crippen LogP contribution in [0.25, 0.3) is 0 Å². The smallest absolute Gasteiger partial charge is 0.348 e. The maximum atomic E-state index is 11.7. The van der Waals surface area contributed by atoms with Gasteiger partial charge in [-0.25, -0.2) is 4.79 Å². The highest BCUT2D eigenvalue weighted by molar-refractivity contribution is 6.35. The van der Waals surface area contributed by atoms with Gasteiger partial charge in [0.15, 0.2) is 0 Å². The predicted molar refractivity (Wildman–Crippen MR) is 86.5 cm³/mol. The highest BCUT2D eigenvalue weighted by Gasteiger charge is 2.39. The number of carboxylic acids is 1. The van der Waals surface area contributed by atoms with E-state index in [2.05, 4.69) is 6.92 Å². The van der Waals surface area contributed by atoms with E-state index in [1.807, 2.05) is 6.92 Å². The van der Waals surface area contributed by atoms with E-state index in [1.54, 1.807) is 18.2 Å². The molecule has 0 fully saturated rings. The van der Waals surface area contributed by atoms with Crippen LogP contribution in [0.15, 0.2) is 18.2 Å². The molecule has 1 rings (SSSR count). The van der Waals surface area contributed by atoms with E-state index < -0.39 is 11.6 Å². The molecule has 0 saturated heterocycles. The zero-order valence-corrected chi connectivity index (χ0v) is 14.0. The molecule has 3 nitrogen and oxygen atoms in total. The third kappa shape index (κ3) is 5.08. The fourth-order valence-corrected chi connectivity index (χ4v) is 2.65. The molecule has 0 bridgehead atoms. The van der Waals surface area contributed by atoms with E-state index in [0.29, 0.717) is 28.6 Å². The normalized spacial score (nSPS) is 13.7. The van der Waals surface area contributed by atoms with Crippen LogP contribution in [0, 0.1) is 0 Å². The van der Waals surface area contributed by atoms with Gasteiger partial charge in [-0.1, -0.05) is 56.3 Å². The van der Waals surface area contributed by atoms with Gasteiger partial charge in [0.25, 0.3) is 0 Å². The van der Waals surface area contributed by atoms with Gasteiger partial charge < -0.3 is 9.84 Å². The number of unbranched alkanes of at least 4 members (excludes halogenated alkanes) is 3. The van der Waals surface area contributed by atoms with Crippen molar-refractivity contribution in [3.05, 3.63) is 28.2 Å². The van der Waals surface area contributed by atoms with Crippen LogP contribution in [0.2, 0.25) is 10.0 Å². The maximum absolute atomic E-state index is 11.7. The summed E-state index contributed by atoms with van der Waals surface area (Å²) in [4.78, 5) is 11.7. The average molecular weight is 333 g/mol. The number of aliphatic carboxylic acids is 1. The van der Waals surface area contributed by atoms with Crippen LogP contribution in [0.4, 0.5) is 0 Å². The highest BCUT2D eigenvalue weighted by Crippen LogP contribution is 2.34. The van der Waals surface area contributed by atoms with Gasteiger partial charge in [-0.15, -0.1) is 0 Å². The second-order valence-corrected chi connectivity index (χ2v) is 5.98. The lowest BCUT2D eigenvalue weighted by molar-refractivity contribution is -0.156. The SMILES string of the molecule is CCCCCCC(CC)(Oc1ccc(Cl)cc1Cl)C(=O)O. The molecule has 118 valence electrons. The molecule has 0 heterocycles. The molecule has 1 aromatic carbocycles. The summed E-state index contributed by atoms with van der Waals surface area (Å²) in [5.74, 6) is -0.590. The molecule has 1 atom stereocenters. The van der Waals surface area contributed by atoms with Crippen molar-refractivity contribution in [2.75, 3.05) is 0 Å². The molecule has 0 aromatic heterocycles. The number of hydrogen-bond donors (Lipinski definition) is 1. The second kappa shape index (κ2) is 8.50. The lowest BCUT2D eigenvalue weighted by Crippen LogP contribution is -2.44. The van der Waals surface area contributed by atoms with Crippen molar-refractivity contribution in [3.8, 4) is 5.75 Å². The van der Waals surface area contributed by atoms with Crippen molar-refractivity contribution in [2.45, 2.75) is 58.0 Å². The van der Waals surface area contributed by atoms with Gasteiger partial charge >= 0.3 is 5.97 Å². The number of carboxylic acid groups (broad SMARTS) is 1. The van der Waals surface area contributed by atoms with E-state index in [1.165, 1.54) is 0 Å². The number of benzene rings is 1. The van der Waals surface area contributed by atoms with E-state index in [0.717, 1.165) is 25.7 Å². The van der Waals surface area contributed by atoms with E-state index >= 15 is 0 Å². The molecule has 0 radical (unpaired) electrons. The van der Waals surface area contributed by atoms with Gasteiger partial charge in [-0.2, -0.15) is 0 Å². The minimum Gasteiger partial charge on any atom is -0.478 e. The van der Waals surface area contributed by atoms with Gasteiger partial charge in [0.1, 0.15) is 5.75 Å². The third-order valence-corrected chi connectivity index (χ3v) is 4.12. The Kier molecular flexibility index (Phi) is 7.33. The second-order valence-electron chi connectivity index (χ2n) is 5.14. The monoisotopic (exact) mass is 332 g/mol. The molecule has 0 amide bonds. The van der Waals surface area contributed by atoms with E-state index in [4.69, 9.17) is 27.9 Å². The molecule has 0 aliphatic heterocycles. The first-order valence-corrected chi connectivity index (χ1v) is 8.08. The zero-order valence-electron chi connectivity index (χ0n) is 12.5. The maximum Gasteiger partial charge on any atom is 0.348 e. The Morgan fingerprint density at radius 3 is 2.48 bits per heavy atom. The molecule has 0 spiro atoms. The summed E-state index contributed by atoms with van der Waals surface area (Å²) in [7, 11) is 0. The number of hydrogen-bond acceptors (Lipinski definition) is 2. The summed E-state index contributed by atoms with van der Waals surface area (Å²) in [6.45, 7) is 3.94. The van der Waals surface area contributed by atoms with Crippen LogP contribution >= 0.6 is 23.2 Å². The van der Waals surface area contributed by atoms with Crippen molar-refractivity contribution < 1.29 is 14.6 Å². The number of halogens is 2. The molecule has 0 aliphatic rings. The largest absolute Gasteiger partial charge is 0.478 e. The van der Waals surface area contributed by atoms with E-state index in [9.17, 15) is 9.90 Å². The summed E-state index contributed by atoms with van der Waals surface area (Å²) in [6.07, 6.45) is 4.88. The summed E-state index contributed by atoms with van der Waals surface area (Å²) in [6, 6.07) is 4.81. The summed E-state index contributed by atoms with van der Waals surface area (Å²) < 4.78 is 5.79. The average Bonchev–Trinajstić information content (AvgIpc) is 2.44. The van der Waals surface area contributed by atoms with Crippen LogP contribution < -0.4 is 4.74 Å². The zero-order chi connectivity index (χ0) is 15.9. The van der Waals surface area contributed by atoms with Crippen LogP contribution in [0.3, 0.4) is 0 Å². The third-order valence-electron chi connectivity index (χ3n) is 3.59. The van der Waals surface area contributed by atoms with Gasteiger partial charge in [0.2, 0.25) is 5.60 Å². The Hall–Kier alpha value is -0.930. The summed E-state index contributed by atoms with van der Waals surface area (Å²) in [5, 5.41) is 10.4. The Bertz CT molecular complexity index is 477. The number of ether oxygens (including phenoxy) is 1. The summed E-state index contributed by atoms with van der Waals surface area (Å²) in [5.41, 5.74) is -1.23. The quantitative estimate of drug-likeness (QED) is 0.600. The molecule has 1 unspecified atom stereocenters. The molecular weight excluding hydrogens is 311 g/mol. The van der Waals surface area contributed by atoms with Gasteiger partial charge in [0, 0.05) is 5.02 Å². The predicted octanol–water partition coefficient (Wildman–Crippen LogP) is 5.58. The molecule has 0 aliphatic carbocycles. The topological polar surface area (TPSA) is 46.5 Å². The summed E-state index contributed by atoms with van der Waals surface area (Å²) >= 11 is 11.9. The van der Waals surface area contributed by atoms with Crippen molar-refractivity contribution in [2.24, 2.45) is 0 Å².